The van der Waals surface area contributed by atoms with Gasteiger partial charge in [0.1, 0.15) is 5.76 Å². The molecular weight excluding hydrogens is 416 g/mol. The number of aromatic nitrogens is 5. The van der Waals surface area contributed by atoms with E-state index in [0.717, 1.165) is 52.9 Å². The SMILES string of the molecule is CC[C@H](c1nnnn1C1CCCC1)N(Cc1ccco1)Cc1cc2cccc(C)c2[nH]c1=O. The molecule has 1 N–H and O–H groups in total. The fourth-order valence-corrected chi connectivity index (χ4v) is 5.08. The lowest BCUT2D eigenvalue weighted by Crippen LogP contribution is -2.32. The second-order valence-corrected chi connectivity index (χ2v) is 8.99. The maximum Gasteiger partial charge on any atom is 0.252 e. The summed E-state index contributed by atoms with van der Waals surface area (Å²) >= 11 is 0. The van der Waals surface area contributed by atoms with Gasteiger partial charge in [0, 0.05) is 12.1 Å². The molecule has 0 saturated heterocycles. The first-order valence-electron chi connectivity index (χ1n) is 11.8. The fourth-order valence-electron chi connectivity index (χ4n) is 5.08. The molecule has 0 unspecified atom stereocenters. The Bertz CT molecular complexity index is 1270. The average molecular weight is 447 g/mol. The number of benzene rings is 1. The van der Waals surface area contributed by atoms with Crippen molar-refractivity contribution in [2.45, 2.75) is 71.1 Å². The van der Waals surface area contributed by atoms with Gasteiger partial charge in [0.05, 0.1) is 30.4 Å². The molecular formula is C25H30N6O2. The zero-order valence-electron chi connectivity index (χ0n) is 19.2. The number of aromatic amines is 1. The van der Waals surface area contributed by atoms with E-state index >= 15 is 0 Å². The molecule has 1 atom stereocenters. The van der Waals surface area contributed by atoms with Gasteiger partial charge in [0.25, 0.3) is 5.56 Å². The Labute approximate surface area is 192 Å². The van der Waals surface area contributed by atoms with E-state index in [1.807, 2.05) is 48.0 Å². The maximum absolute atomic E-state index is 13.0. The van der Waals surface area contributed by atoms with Crippen LogP contribution in [0.4, 0.5) is 0 Å². The number of hydrogen-bond donors (Lipinski definition) is 1. The topological polar surface area (TPSA) is 92.8 Å². The number of hydrogen-bond acceptors (Lipinski definition) is 6. The van der Waals surface area contributed by atoms with Crippen LogP contribution in [0.3, 0.4) is 0 Å². The number of pyridine rings is 1. The lowest BCUT2D eigenvalue weighted by Gasteiger charge is -2.30. The van der Waals surface area contributed by atoms with Crippen molar-refractivity contribution in [1.29, 1.82) is 0 Å². The molecule has 33 heavy (non-hydrogen) atoms. The van der Waals surface area contributed by atoms with Crippen LogP contribution in [0.2, 0.25) is 0 Å². The van der Waals surface area contributed by atoms with Crippen LogP contribution < -0.4 is 5.56 Å². The molecule has 1 fully saturated rings. The molecule has 0 aliphatic heterocycles. The molecule has 172 valence electrons. The third-order valence-corrected chi connectivity index (χ3v) is 6.79. The molecule has 0 radical (unpaired) electrons. The highest BCUT2D eigenvalue weighted by Crippen LogP contribution is 2.33. The van der Waals surface area contributed by atoms with Gasteiger partial charge in [-0.2, -0.15) is 0 Å². The van der Waals surface area contributed by atoms with Gasteiger partial charge in [-0.25, -0.2) is 4.68 Å². The normalized spacial score (nSPS) is 15.6. The van der Waals surface area contributed by atoms with E-state index in [1.165, 1.54) is 12.8 Å². The molecule has 1 aliphatic carbocycles. The number of furan rings is 1. The monoisotopic (exact) mass is 446 g/mol. The molecule has 0 amide bonds. The fraction of sp³-hybridized carbons (Fsp3) is 0.440. The molecule has 8 heteroatoms. The Kier molecular flexibility index (Phi) is 6.09. The number of rotatable bonds is 8. The number of para-hydroxylation sites is 1. The van der Waals surface area contributed by atoms with Gasteiger partial charge in [-0.1, -0.05) is 38.0 Å². The minimum atomic E-state index is -0.0634. The van der Waals surface area contributed by atoms with Gasteiger partial charge in [-0.05, 0) is 65.8 Å². The molecule has 1 aliphatic rings. The number of nitrogens with one attached hydrogen (secondary N) is 1. The first kappa shape index (κ1) is 21.6. The van der Waals surface area contributed by atoms with E-state index in [2.05, 4.69) is 32.3 Å². The van der Waals surface area contributed by atoms with Gasteiger partial charge >= 0.3 is 0 Å². The minimum absolute atomic E-state index is 0.0432. The summed E-state index contributed by atoms with van der Waals surface area (Å²) in [6.07, 6.45) is 7.14. The van der Waals surface area contributed by atoms with E-state index in [9.17, 15) is 4.79 Å². The van der Waals surface area contributed by atoms with Gasteiger partial charge < -0.3 is 9.40 Å². The number of fused-ring (bicyclic) bond motifs is 1. The van der Waals surface area contributed by atoms with E-state index in [0.29, 0.717) is 19.1 Å². The van der Waals surface area contributed by atoms with E-state index in [4.69, 9.17) is 4.42 Å². The largest absolute Gasteiger partial charge is 0.468 e. The first-order valence-corrected chi connectivity index (χ1v) is 11.8. The van der Waals surface area contributed by atoms with Crippen molar-refractivity contribution < 1.29 is 4.42 Å². The van der Waals surface area contributed by atoms with Crippen LogP contribution >= 0.6 is 0 Å². The predicted octanol–water partition coefficient (Wildman–Crippen LogP) is 4.68. The summed E-state index contributed by atoms with van der Waals surface area (Å²) in [5.41, 5.74) is 2.61. The third kappa shape index (κ3) is 4.35. The molecule has 1 aromatic carbocycles. The zero-order chi connectivity index (χ0) is 22.8. The maximum atomic E-state index is 13.0. The Hall–Kier alpha value is -3.26. The van der Waals surface area contributed by atoms with Crippen LogP contribution in [-0.2, 0) is 13.1 Å². The quantitative estimate of drug-likeness (QED) is 0.422. The van der Waals surface area contributed by atoms with Crippen LogP contribution in [-0.4, -0.2) is 30.1 Å². The lowest BCUT2D eigenvalue weighted by molar-refractivity contribution is 0.146. The highest BCUT2D eigenvalue weighted by atomic mass is 16.3. The molecule has 0 bridgehead atoms. The molecule has 8 nitrogen and oxygen atoms in total. The van der Waals surface area contributed by atoms with Crippen molar-refractivity contribution in [3.8, 4) is 0 Å². The first-order chi connectivity index (χ1) is 16.1. The van der Waals surface area contributed by atoms with Crippen molar-refractivity contribution >= 4 is 10.9 Å². The Morgan fingerprint density at radius 3 is 2.82 bits per heavy atom. The van der Waals surface area contributed by atoms with Crippen molar-refractivity contribution in [2.24, 2.45) is 0 Å². The Morgan fingerprint density at radius 2 is 2.06 bits per heavy atom. The molecule has 0 spiro atoms. The Balaban J connectivity index is 1.52. The van der Waals surface area contributed by atoms with E-state index in [-0.39, 0.29) is 11.6 Å². The summed E-state index contributed by atoms with van der Waals surface area (Å²) in [5, 5.41) is 13.9. The second kappa shape index (κ2) is 9.31. The van der Waals surface area contributed by atoms with Gasteiger partial charge in [-0.15, -0.1) is 5.10 Å². The predicted molar refractivity (Wildman–Crippen MR) is 126 cm³/mol. The molecule has 4 aromatic rings. The van der Waals surface area contributed by atoms with E-state index in [1.54, 1.807) is 6.26 Å². The summed E-state index contributed by atoms with van der Waals surface area (Å²) in [6.45, 7) is 5.18. The van der Waals surface area contributed by atoms with Crippen molar-refractivity contribution in [1.82, 2.24) is 30.1 Å². The minimum Gasteiger partial charge on any atom is -0.468 e. The van der Waals surface area contributed by atoms with Crippen LogP contribution in [0.15, 0.2) is 51.9 Å². The third-order valence-electron chi connectivity index (χ3n) is 6.79. The van der Waals surface area contributed by atoms with Crippen LogP contribution in [0.5, 0.6) is 0 Å². The van der Waals surface area contributed by atoms with Gasteiger partial charge in [-0.3, -0.25) is 9.69 Å². The summed E-state index contributed by atoms with van der Waals surface area (Å²) in [5.74, 6) is 1.71. The molecule has 1 saturated carbocycles. The molecule has 3 heterocycles. The Morgan fingerprint density at radius 1 is 1.21 bits per heavy atom. The molecule has 5 rings (SSSR count). The van der Waals surface area contributed by atoms with Crippen LogP contribution in [0.25, 0.3) is 10.9 Å². The van der Waals surface area contributed by atoms with Gasteiger partial charge in [0.2, 0.25) is 0 Å². The lowest BCUT2D eigenvalue weighted by atomic mass is 10.1. The highest BCUT2D eigenvalue weighted by molar-refractivity contribution is 5.81. The average Bonchev–Trinajstić information content (AvgIpc) is 3.58. The standard InChI is InChI=1S/C25H30N6O2/c1-3-22(24-27-28-29-31(24)20-10-4-5-11-20)30(16-21-12-7-13-33-21)15-19-14-18-9-6-8-17(2)23(18)26-25(19)32/h6-9,12-14,20,22H,3-5,10-11,15-16H2,1-2H3,(H,26,32)/t22-/m1/s1. The smallest absolute Gasteiger partial charge is 0.252 e. The summed E-state index contributed by atoms with van der Waals surface area (Å²) in [7, 11) is 0. The number of tetrazole rings is 1. The molecule has 3 aromatic heterocycles. The zero-order valence-corrected chi connectivity index (χ0v) is 19.2. The van der Waals surface area contributed by atoms with E-state index < -0.39 is 0 Å². The summed E-state index contributed by atoms with van der Waals surface area (Å²) in [4.78, 5) is 18.4. The van der Waals surface area contributed by atoms with Gasteiger partial charge in [0.15, 0.2) is 5.82 Å². The summed E-state index contributed by atoms with van der Waals surface area (Å²) < 4.78 is 7.69. The second-order valence-electron chi connectivity index (χ2n) is 8.99. The number of nitrogens with zero attached hydrogens (tertiary/aromatic N) is 5. The van der Waals surface area contributed by atoms with Crippen molar-refractivity contribution in [3.05, 3.63) is 75.7 Å². The number of aryl methyl sites for hydroxylation is 1. The van der Waals surface area contributed by atoms with Crippen LogP contribution in [0.1, 0.15) is 73.8 Å². The van der Waals surface area contributed by atoms with Crippen molar-refractivity contribution in [3.63, 3.8) is 0 Å². The number of H-pyrrole nitrogens is 1. The highest BCUT2D eigenvalue weighted by Gasteiger charge is 2.30. The summed E-state index contributed by atoms with van der Waals surface area (Å²) in [6, 6.07) is 12.2. The van der Waals surface area contributed by atoms with Crippen molar-refractivity contribution in [2.75, 3.05) is 0 Å². The van der Waals surface area contributed by atoms with Crippen LogP contribution in [0, 0.1) is 6.92 Å².